The molecule has 3 aromatic rings. The van der Waals surface area contributed by atoms with Crippen LogP contribution in [0.1, 0.15) is 25.7 Å². The maximum absolute atomic E-state index is 14.9. The number of piperidine rings is 1. The smallest absolute Gasteiger partial charge is 0.323 e. The van der Waals surface area contributed by atoms with Crippen LogP contribution in [0.5, 0.6) is 11.5 Å². The number of likely N-dealkylation sites (tertiary alicyclic amines) is 1. The number of rotatable bonds is 8. The van der Waals surface area contributed by atoms with Crippen molar-refractivity contribution in [3.8, 4) is 11.5 Å². The molecule has 10 nitrogen and oxygen atoms in total. The molecule has 1 saturated carbocycles. The van der Waals surface area contributed by atoms with E-state index in [9.17, 15) is 23.2 Å². The Kier molecular flexibility index (Phi) is 8.34. The molecule has 4 amide bonds. The van der Waals surface area contributed by atoms with Gasteiger partial charge in [-0.25, -0.2) is 18.6 Å². The van der Waals surface area contributed by atoms with Gasteiger partial charge in [0.05, 0.1) is 0 Å². The average molecular weight is 579 g/mol. The minimum Gasteiger partial charge on any atom is -0.454 e. The molecular weight excluding hydrogens is 546 g/mol. The van der Waals surface area contributed by atoms with Gasteiger partial charge in [-0.1, -0.05) is 0 Å². The largest absolute Gasteiger partial charge is 0.454 e. The van der Waals surface area contributed by atoms with Crippen molar-refractivity contribution in [1.82, 2.24) is 14.8 Å². The molecule has 5 rings (SSSR count). The molecule has 2 aliphatic rings. The van der Waals surface area contributed by atoms with Crippen LogP contribution in [0, 0.1) is 17.0 Å². The predicted molar refractivity (Wildman–Crippen MR) is 153 cm³/mol. The highest BCUT2D eigenvalue weighted by Gasteiger charge is 2.56. The second-order valence-corrected chi connectivity index (χ2v) is 10.7. The molecule has 0 radical (unpaired) electrons. The van der Waals surface area contributed by atoms with Crippen LogP contribution in [-0.4, -0.2) is 65.9 Å². The first-order chi connectivity index (χ1) is 20.1. The number of carbonyl (C=O) groups is 3. The second-order valence-electron chi connectivity index (χ2n) is 10.7. The van der Waals surface area contributed by atoms with E-state index < -0.39 is 28.9 Å². The molecule has 2 aromatic carbocycles. The lowest BCUT2D eigenvalue weighted by Gasteiger charge is -2.35. The maximum atomic E-state index is 14.9. The number of amides is 4. The summed E-state index contributed by atoms with van der Waals surface area (Å²) in [6.07, 6.45) is 3.89. The van der Waals surface area contributed by atoms with Crippen molar-refractivity contribution in [3.63, 3.8) is 0 Å². The fourth-order valence-corrected chi connectivity index (χ4v) is 4.82. The summed E-state index contributed by atoms with van der Waals surface area (Å²) in [7, 11) is 4.07. The topological polar surface area (TPSA) is 116 Å². The van der Waals surface area contributed by atoms with E-state index in [4.69, 9.17) is 4.74 Å². The minimum absolute atomic E-state index is 0.0996. The van der Waals surface area contributed by atoms with Gasteiger partial charge in [-0.2, -0.15) is 0 Å². The summed E-state index contributed by atoms with van der Waals surface area (Å²) in [4.78, 5) is 46.5. The van der Waals surface area contributed by atoms with E-state index in [2.05, 4.69) is 25.8 Å². The summed E-state index contributed by atoms with van der Waals surface area (Å²) in [6, 6.07) is 12.4. The summed E-state index contributed by atoms with van der Waals surface area (Å²) >= 11 is 0. The Morgan fingerprint density at radius 3 is 2.17 bits per heavy atom. The van der Waals surface area contributed by atoms with Crippen molar-refractivity contribution in [1.29, 1.82) is 0 Å². The highest BCUT2D eigenvalue weighted by atomic mass is 19.1. The first-order valence-electron chi connectivity index (χ1n) is 13.7. The van der Waals surface area contributed by atoms with Gasteiger partial charge in [-0.3, -0.25) is 14.9 Å². The zero-order valence-corrected chi connectivity index (χ0v) is 23.3. The summed E-state index contributed by atoms with van der Waals surface area (Å²) in [5, 5.41) is 8.00. The van der Waals surface area contributed by atoms with E-state index in [1.807, 2.05) is 14.1 Å². The monoisotopic (exact) mass is 578 g/mol. The molecule has 0 spiro atoms. The van der Waals surface area contributed by atoms with Gasteiger partial charge in [0.2, 0.25) is 11.8 Å². The molecule has 12 heteroatoms. The van der Waals surface area contributed by atoms with Crippen molar-refractivity contribution >= 4 is 35.0 Å². The predicted octanol–water partition coefficient (Wildman–Crippen LogP) is 5.07. The van der Waals surface area contributed by atoms with Gasteiger partial charge in [-0.15, -0.1) is 0 Å². The quantitative estimate of drug-likeness (QED) is 0.322. The van der Waals surface area contributed by atoms with Crippen LogP contribution in [-0.2, 0) is 9.59 Å². The first-order valence-corrected chi connectivity index (χ1v) is 13.7. The number of aromatic nitrogens is 1. The lowest BCUT2D eigenvalue weighted by molar-refractivity contribution is -0.131. The van der Waals surface area contributed by atoms with E-state index in [0.29, 0.717) is 37.7 Å². The Labute approximate surface area is 242 Å². The third-order valence-corrected chi connectivity index (χ3v) is 7.59. The molecule has 0 unspecified atom stereocenters. The average Bonchev–Trinajstić information content (AvgIpc) is 3.79. The molecule has 2 heterocycles. The molecule has 1 aromatic heterocycles. The van der Waals surface area contributed by atoms with Crippen LogP contribution >= 0.6 is 0 Å². The molecule has 2 fully saturated rings. The lowest BCUT2D eigenvalue weighted by Crippen LogP contribution is -2.46. The Balaban J connectivity index is 1.17. The molecule has 0 atom stereocenters. The summed E-state index contributed by atoms with van der Waals surface area (Å²) in [6.45, 7) is 1.28. The molecule has 220 valence electrons. The summed E-state index contributed by atoms with van der Waals surface area (Å²) in [5.41, 5.74) is -0.747. The number of anilines is 3. The van der Waals surface area contributed by atoms with Gasteiger partial charge in [0, 0.05) is 48.8 Å². The molecule has 3 N–H and O–H groups in total. The molecular formula is C30H32F2N6O4. The van der Waals surface area contributed by atoms with Gasteiger partial charge in [0.15, 0.2) is 11.6 Å². The second kappa shape index (κ2) is 12.1. The van der Waals surface area contributed by atoms with E-state index >= 15 is 0 Å². The number of nitrogens with one attached hydrogen (secondary N) is 3. The normalized spacial score (nSPS) is 16.1. The fourth-order valence-electron chi connectivity index (χ4n) is 4.82. The fraction of sp³-hybridized carbons (Fsp3) is 0.333. The van der Waals surface area contributed by atoms with Gasteiger partial charge >= 0.3 is 6.03 Å². The number of nitrogens with zero attached hydrogens (tertiary/aromatic N) is 3. The van der Waals surface area contributed by atoms with Gasteiger partial charge in [0.25, 0.3) is 0 Å². The standard InChI is InChI=1S/C30H32F2N6O4/c1-37(2)22-10-15-38(16-11-22)29(41)36-26-18-23(9-14-33-26)42-25-8-7-21(17-24(25)32)35-28(40)30(12-13-30)27(39)34-20-5-3-19(31)4-6-20/h3-9,14,17-18,22H,10-13,15-16H2,1-2H3,(H,34,39)(H,35,40)(H,33,36,41). The van der Waals surface area contributed by atoms with Crippen molar-refractivity contribution in [2.45, 2.75) is 31.7 Å². The van der Waals surface area contributed by atoms with Crippen LogP contribution in [0.15, 0.2) is 60.8 Å². The van der Waals surface area contributed by atoms with E-state index in [0.717, 1.165) is 18.9 Å². The number of halogens is 2. The Bertz CT molecular complexity index is 1470. The third-order valence-electron chi connectivity index (χ3n) is 7.59. The van der Waals surface area contributed by atoms with Crippen LogP contribution in [0.3, 0.4) is 0 Å². The highest BCUT2D eigenvalue weighted by molar-refractivity contribution is 6.16. The number of hydrogen-bond acceptors (Lipinski definition) is 6. The minimum atomic E-state index is -1.28. The number of hydrogen-bond donors (Lipinski definition) is 3. The summed E-state index contributed by atoms with van der Waals surface area (Å²) in [5.74, 6) is -1.82. The third kappa shape index (κ3) is 6.65. The van der Waals surface area contributed by atoms with Crippen LogP contribution in [0.2, 0.25) is 0 Å². The highest BCUT2D eigenvalue weighted by Crippen LogP contribution is 2.47. The van der Waals surface area contributed by atoms with E-state index in [1.165, 1.54) is 54.7 Å². The van der Waals surface area contributed by atoms with Gasteiger partial charge in [-0.05, 0) is 82.2 Å². The zero-order valence-electron chi connectivity index (χ0n) is 23.3. The van der Waals surface area contributed by atoms with Crippen LogP contribution in [0.4, 0.5) is 30.8 Å². The number of urea groups is 1. The van der Waals surface area contributed by atoms with Crippen molar-refractivity contribution in [2.75, 3.05) is 43.1 Å². The zero-order chi connectivity index (χ0) is 29.9. The van der Waals surface area contributed by atoms with Gasteiger partial charge in [0.1, 0.15) is 22.8 Å². The molecule has 1 aliphatic heterocycles. The Morgan fingerprint density at radius 2 is 1.55 bits per heavy atom. The SMILES string of the molecule is CN(C)C1CCN(C(=O)Nc2cc(Oc3ccc(NC(=O)C4(C(=O)Nc5ccc(F)cc5)CC4)cc3F)ccn2)CC1. The van der Waals surface area contributed by atoms with Crippen LogP contribution in [0.25, 0.3) is 0 Å². The lowest BCUT2D eigenvalue weighted by atomic mass is 10.0. The summed E-state index contributed by atoms with van der Waals surface area (Å²) < 4.78 is 33.8. The van der Waals surface area contributed by atoms with Crippen molar-refractivity contribution in [3.05, 3.63) is 72.4 Å². The van der Waals surface area contributed by atoms with E-state index in [-0.39, 0.29) is 29.0 Å². The Morgan fingerprint density at radius 1 is 0.905 bits per heavy atom. The molecule has 1 aliphatic carbocycles. The molecule has 42 heavy (non-hydrogen) atoms. The first kappa shape index (κ1) is 28.9. The van der Waals surface area contributed by atoms with Crippen molar-refractivity contribution in [2.24, 2.45) is 5.41 Å². The van der Waals surface area contributed by atoms with E-state index in [1.54, 1.807) is 4.90 Å². The molecule has 0 bridgehead atoms. The van der Waals surface area contributed by atoms with Gasteiger partial charge < -0.3 is 25.2 Å². The maximum Gasteiger partial charge on any atom is 0.323 e. The Hall–Kier alpha value is -4.58. The number of ether oxygens (including phenoxy) is 1. The number of carbonyl (C=O) groups excluding carboxylic acids is 3. The van der Waals surface area contributed by atoms with Crippen LogP contribution < -0.4 is 20.7 Å². The number of benzene rings is 2. The number of pyridine rings is 1. The van der Waals surface area contributed by atoms with Crippen molar-refractivity contribution < 1.29 is 27.9 Å². The molecule has 1 saturated heterocycles.